The van der Waals surface area contributed by atoms with Crippen LogP contribution in [0.3, 0.4) is 0 Å². The van der Waals surface area contributed by atoms with Gasteiger partial charge in [-0.25, -0.2) is 0 Å². The van der Waals surface area contributed by atoms with Gasteiger partial charge in [0.15, 0.2) is 0 Å². The van der Waals surface area contributed by atoms with Gasteiger partial charge in [-0.15, -0.1) is 0 Å². The largest absolute Gasteiger partial charge is 0.339 e. The number of nitro benzene ring substituents is 2. The number of non-ortho nitro benzene ring substituents is 1. The van der Waals surface area contributed by atoms with E-state index in [0.29, 0.717) is 11.3 Å². The maximum absolute atomic E-state index is 12.6. The molecule has 0 saturated carbocycles. The summed E-state index contributed by atoms with van der Waals surface area (Å²) in [5.41, 5.74) is -0.587. The number of amides is 2. The first-order chi connectivity index (χ1) is 14.4. The summed E-state index contributed by atoms with van der Waals surface area (Å²) in [5.74, 6) is -0.844. The van der Waals surface area contributed by atoms with E-state index in [4.69, 9.17) is 0 Å². The van der Waals surface area contributed by atoms with Gasteiger partial charge in [0.1, 0.15) is 5.56 Å². The fourth-order valence-corrected chi connectivity index (χ4v) is 3.33. The van der Waals surface area contributed by atoms with Crippen LogP contribution in [0.5, 0.6) is 0 Å². The van der Waals surface area contributed by atoms with Gasteiger partial charge >= 0.3 is 0 Å². The second kappa shape index (κ2) is 9.12. The number of rotatable bonds is 5. The van der Waals surface area contributed by atoms with Gasteiger partial charge in [-0.1, -0.05) is 12.8 Å². The molecule has 30 heavy (non-hydrogen) atoms. The van der Waals surface area contributed by atoms with Crippen LogP contribution in [0.15, 0.2) is 42.5 Å². The molecule has 2 aromatic carbocycles. The highest BCUT2D eigenvalue weighted by molar-refractivity contribution is 6.07. The molecule has 2 amide bonds. The van der Waals surface area contributed by atoms with Gasteiger partial charge < -0.3 is 10.2 Å². The summed E-state index contributed by atoms with van der Waals surface area (Å²) in [4.78, 5) is 47.3. The molecule has 2 aromatic rings. The Bertz CT molecular complexity index is 981. The molecule has 0 radical (unpaired) electrons. The minimum Gasteiger partial charge on any atom is -0.339 e. The molecule has 0 aromatic heterocycles. The third-order valence-corrected chi connectivity index (χ3v) is 4.92. The molecule has 1 fully saturated rings. The second-order valence-electron chi connectivity index (χ2n) is 6.95. The lowest BCUT2D eigenvalue weighted by Gasteiger charge is -2.20. The molecule has 1 saturated heterocycles. The van der Waals surface area contributed by atoms with E-state index in [0.717, 1.165) is 57.0 Å². The number of nitro groups is 2. The Morgan fingerprint density at radius 2 is 1.50 bits per heavy atom. The van der Waals surface area contributed by atoms with Crippen molar-refractivity contribution in [1.82, 2.24) is 4.90 Å². The van der Waals surface area contributed by atoms with Crippen molar-refractivity contribution >= 4 is 28.9 Å². The molecular weight excluding hydrogens is 392 g/mol. The first-order valence-corrected chi connectivity index (χ1v) is 9.50. The summed E-state index contributed by atoms with van der Waals surface area (Å²) in [5, 5.41) is 24.5. The number of hydrogen-bond donors (Lipinski definition) is 1. The lowest BCUT2D eigenvalue weighted by molar-refractivity contribution is -0.394. The van der Waals surface area contributed by atoms with E-state index in [1.165, 1.54) is 0 Å². The van der Waals surface area contributed by atoms with E-state index >= 15 is 0 Å². The Labute approximate surface area is 171 Å². The van der Waals surface area contributed by atoms with E-state index in [9.17, 15) is 29.8 Å². The van der Waals surface area contributed by atoms with Crippen LogP contribution in [-0.2, 0) is 0 Å². The zero-order valence-electron chi connectivity index (χ0n) is 16.1. The van der Waals surface area contributed by atoms with Crippen LogP contribution in [0.1, 0.15) is 46.4 Å². The predicted molar refractivity (Wildman–Crippen MR) is 109 cm³/mol. The molecule has 156 valence electrons. The van der Waals surface area contributed by atoms with Crippen LogP contribution < -0.4 is 5.32 Å². The minimum absolute atomic E-state index is 0.0687. The van der Waals surface area contributed by atoms with Crippen molar-refractivity contribution in [2.75, 3.05) is 18.4 Å². The first kappa shape index (κ1) is 20.9. The summed E-state index contributed by atoms with van der Waals surface area (Å²) < 4.78 is 0. The summed E-state index contributed by atoms with van der Waals surface area (Å²) >= 11 is 0. The van der Waals surface area contributed by atoms with Crippen molar-refractivity contribution in [1.29, 1.82) is 0 Å². The Hall–Kier alpha value is -3.82. The average Bonchev–Trinajstić information content (AvgIpc) is 3.02. The molecular formula is C20H20N4O6. The van der Waals surface area contributed by atoms with Crippen LogP contribution in [0, 0.1) is 20.2 Å². The molecule has 1 aliphatic heterocycles. The number of carbonyl (C=O) groups is 2. The van der Waals surface area contributed by atoms with E-state index in [1.54, 1.807) is 24.3 Å². The topological polar surface area (TPSA) is 136 Å². The van der Waals surface area contributed by atoms with E-state index in [1.807, 2.05) is 4.90 Å². The Morgan fingerprint density at radius 3 is 2.07 bits per heavy atom. The van der Waals surface area contributed by atoms with Gasteiger partial charge in [-0.2, -0.15) is 0 Å². The van der Waals surface area contributed by atoms with Crippen molar-refractivity contribution in [3.05, 3.63) is 73.8 Å². The lowest BCUT2D eigenvalue weighted by atomic mass is 10.1. The van der Waals surface area contributed by atoms with Crippen molar-refractivity contribution in [2.45, 2.75) is 25.7 Å². The molecule has 0 aliphatic carbocycles. The van der Waals surface area contributed by atoms with Crippen LogP contribution in [0.25, 0.3) is 0 Å². The first-order valence-electron chi connectivity index (χ1n) is 9.50. The van der Waals surface area contributed by atoms with Crippen LogP contribution in [-0.4, -0.2) is 39.7 Å². The van der Waals surface area contributed by atoms with Crippen LogP contribution in [0.2, 0.25) is 0 Å². The van der Waals surface area contributed by atoms with Gasteiger partial charge in [-0.05, 0) is 43.2 Å². The Kier molecular flexibility index (Phi) is 6.35. The van der Waals surface area contributed by atoms with Crippen molar-refractivity contribution in [2.24, 2.45) is 0 Å². The fourth-order valence-electron chi connectivity index (χ4n) is 3.33. The standard InChI is InChI=1S/C20H20N4O6/c25-19(17-10-9-16(23(27)28)13-18(17)24(29)30)21-15-7-5-14(6-8-15)20(26)22-11-3-1-2-4-12-22/h5-10,13H,1-4,11-12H2,(H,21,25). The van der Waals surface area contributed by atoms with Crippen molar-refractivity contribution in [3.8, 4) is 0 Å². The smallest absolute Gasteiger partial charge is 0.289 e. The molecule has 1 N–H and O–H groups in total. The summed E-state index contributed by atoms with van der Waals surface area (Å²) in [7, 11) is 0. The van der Waals surface area contributed by atoms with E-state index in [-0.39, 0.29) is 11.5 Å². The molecule has 0 unspecified atom stereocenters. The van der Waals surface area contributed by atoms with Crippen molar-refractivity contribution < 1.29 is 19.4 Å². The maximum atomic E-state index is 12.6. The number of hydrogen-bond acceptors (Lipinski definition) is 6. The molecule has 0 spiro atoms. The number of nitrogens with zero attached hydrogens (tertiary/aromatic N) is 3. The molecule has 1 aliphatic rings. The molecule has 0 atom stereocenters. The minimum atomic E-state index is -0.842. The SMILES string of the molecule is O=C(Nc1ccc(C(=O)N2CCCCCC2)cc1)c1ccc([N+](=O)[O-])cc1[N+](=O)[O-]. The molecule has 0 bridgehead atoms. The number of likely N-dealkylation sites (tertiary alicyclic amines) is 1. The Morgan fingerprint density at radius 1 is 0.867 bits per heavy atom. The highest BCUT2D eigenvalue weighted by atomic mass is 16.6. The monoisotopic (exact) mass is 412 g/mol. The van der Waals surface area contributed by atoms with Gasteiger partial charge in [0.2, 0.25) is 0 Å². The summed E-state index contributed by atoms with van der Waals surface area (Å²) in [6, 6.07) is 9.09. The predicted octanol–water partition coefficient (Wildman–Crippen LogP) is 3.77. The fraction of sp³-hybridized carbons (Fsp3) is 0.300. The number of benzene rings is 2. The normalized spacial score (nSPS) is 13.9. The zero-order chi connectivity index (χ0) is 21.7. The quantitative estimate of drug-likeness (QED) is 0.586. The molecule has 10 nitrogen and oxygen atoms in total. The van der Waals surface area contributed by atoms with E-state index < -0.39 is 27.1 Å². The van der Waals surface area contributed by atoms with Crippen molar-refractivity contribution in [3.63, 3.8) is 0 Å². The van der Waals surface area contributed by atoms with E-state index in [2.05, 4.69) is 5.32 Å². The third-order valence-electron chi connectivity index (χ3n) is 4.92. The average molecular weight is 412 g/mol. The molecule has 1 heterocycles. The Balaban J connectivity index is 1.74. The van der Waals surface area contributed by atoms with Gasteiger partial charge in [0, 0.05) is 30.4 Å². The van der Waals surface area contributed by atoms with Gasteiger partial charge in [0.25, 0.3) is 23.2 Å². The molecule has 3 rings (SSSR count). The highest BCUT2D eigenvalue weighted by Gasteiger charge is 2.24. The number of nitrogens with one attached hydrogen (secondary N) is 1. The lowest BCUT2D eigenvalue weighted by Crippen LogP contribution is -2.31. The van der Waals surface area contributed by atoms with Gasteiger partial charge in [0.05, 0.1) is 15.9 Å². The maximum Gasteiger partial charge on any atom is 0.289 e. The summed E-state index contributed by atoms with van der Waals surface area (Å²) in [6.07, 6.45) is 4.19. The summed E-state index contributed by atoms with van der Waals surface area (Å²) in [6.45, 7) is 1.45. The highest BCUT2D eigenvalue weighted by Crippen LogP contribution is 2.25. The van der Waals surface area contributed by atoms with Gasteiger partial charge in [-0.3, -0.25) is 29.8 Å². The number of anilines is 1. The zero-order valence-corrected chi connectivity index (χ0v) is 16.1. The van der Waals surface area contributed by atoms with Crippen LogP contribution in [0.4, 0.5) is 17.1 Å². The second-order valence-corrected chi connectivity index (χ2v) is 6.95. The molecule has 10 heteroatoms. The third kappa shape index (κ3) is 4.77. The number of carbonyl (C=O) groups excluding carboxylic acids is 2. The van der Waals surface area contributed by atoms with Crippen LogP contribution >= 0.6 is 0 Å².